The van der Waals surface area contributed by atoms with Crippen molar-refractivity contribution in [3.63, 3.8) is 0 Å². The summed E-state index contributed by atoms with van der Waals surface area (Å²) in [6.45, 7) is 0. The molecule has 4 heteroatoms. The quantitative estimate of drug-likeness (QED) is 0.496. The van der Waals surface area contributed by atoms with Gasteiger partial charge in [0.1, 0.15) is 0 Å². The Morgan fingerprint density at radius 1 is 1.00 bits per heavy atom. The Hall–Kier alpha value is 3.75. The minimum Gasteiger partial charge on any atom is 0 e. The van der Waals surface area contributed by atoms with E-state index in [1.54, 1.807) is 0 Å². The second kappa shape index (κ2) is 15.9. The predicted molar refractivity (Wildman–Crippen MR) is 8.54 cm³/mol. The summed E-state index contributed by atoms with van der Waals surface area (Å²) in [6.07, 6.45) is 0. The number of rotatable bonds is 0. The van der Waals surface area contributed by atoms with E-state index >= 15 is 0 Å². The molecule has 0 bridgehead atoms. The van der Waals surface area contributed by atoms with E-state index in [-0.39, 0.29) is 112 Å². The van der Waals surface area contributed by atoms with Gasteiger partial charge in [0.05, 0.1) is 0 Å². The summed E-state index contributed by atoms with van der Waals surface area (Å²) in [4.78, 5) is 0. The molecule has 0 aromatic carbocycles. The van der Waals surface area contributed by atoms with Crippen LogP contribution in [0, 0.1) is 35.6 Å². The van der Waals surface area contributed by atoms with Gasteiger partial charge in [0, 0.05) is 89.4 Å². The topological polar surface area (TPSA) is 0 Å². The maximum Gasteiger partial charge on any atom is 0.316 e. The van der Waals surface area contributed by atoms with Crippen molar-refractivity contribution >= 4 is 23.1 Å². The molecule has 4 heavy (non-hydrogen) atoms. The minimum absolute atomic E-state index is 0. The molecule has 0 aromatic heterocycles. The Morgan fingerprint density at radius 2 is 1.00 bits per heavy atom. The van der Waals surface area contributed by atoms with Crippen LogP contribution in [0.2, 0.25) is 0 Å². The molecule has 0 saturated heterocycles. The molecule has 0 unspecified atom stereocenters. The van der Waals surface area contributed by atoms with E-state index in [4.69, 9.17) is 0 Å². The van der Waals surface area contributed by atoms with Crippen LogP contribution in [-0.4, -0.2) is 23.1 Å². The fourth-order valence-electron chi connectivity index (χ4n) is 0. The Morgan fingerprint density at radius 3 is 1.00 bits per heavy atom. The second-order valence-electron chi connectivity index (χ2n) is 0. The molecule has 0 heterocycles. The van der Waals surface area contributed by atoms with Crippen LogP contribution in [0.15, 0.2) is 0 Å². The van der Waals surface area contributed by atoms with Gasteiger partial charge < -0.3 is 0 Å². The molecule has 0 rings (SSSR count). The van der Waals surface area contributed by atoms with E-state index in [0.717, 1.165) is 0 Å². The van der Waals surface area contributed by atoms with Gasteiger partial charge in [0.25, 0.3) is 0 Å². The van der Waals surface area contributed by atoms with Gasteiger partial charge >= 0.3 is 23.1 Å². The average molecular weight is 350 g/mol. The summed E-state index contributed by atoms with van der Waals surface area (Å²) >= 11 is 0. The summed E-state index contributed by atoms with van der Waals surface area (Å²) in [6, 6.07) is 0. The van der Waals surface area contributed by atoms with Gasteiger partial charge in [-0.2, -0.15) is 0 Å². The zero-order valence-corrected chi connectivity index (χ0v) is 10.0. The normalized spacial score (nSPS) is 0. The third-order valence-electron chi connectivity index (χ3n) is 0. The first kappa shape index (κ1) is 25.1. The van der Waals surface area contributed by atoms with Crippen LogP contribution in [0.25, 0.3) is 0 Å². The fraction of sp³-hybridized carbons (Fsp3) is 0. The monoisotopic (exact) mass is 352 g/mol. The van der Waals surface area contributed by atoms with Crippen molar-refractivity contribution in [2.24, 2.45) is 0 Å². The molecule has 0 aliphatic heterocycles. The van der Waals surface area contributed by atoms with Crippen molar-refractivity contribution in [3.8, 4) is 0 Å². The van der Waals surface area contributed by atoms with E-state index in [2.05, 4.69) is 0 Å². The van der Waals surface area contributed by atoms with Gasteiger partial charge in [0.2, 0.25) is 0 Å². The maximum atomic E-state index is 0. The number of hydrogen-bond acceptors (Lipinski definition) is 0. The molecule has 0 spiro atoms. The standard InChI is InChI=1S/La.Mg.Mo.Y.2H. The van der Waals surface area contributed by atoms with Crippen molar-refractivity contribution in [2.45, 2.75) is 0 Å². The average Bonchev–Trinajstić information content (AvgIpc) is 0. The second-order valence-corrected chi connectivity index (χ2v) is 0. The first-order chi connectivity index (χ1) is 0. The van der Waals surface area contributed by atoms with Gasteiger partial charge in [-0.1, -0.05) is 0 Å². The van der Waals surface area contributed by atoms with Crippen LogP contribution in [0.3, 0.4) is 0 Å². The van der Waals surface area contributed by atoms with Crippen molar-refractivity contribution in [1.82, 2.24) is 0 Å². The van der Waals surface area contributed by atoms with Crippen LogP contribution >= 0.6 is 0 Å². The van der Waals surface area contributed by atoms with Crippen LogP contribution in [0.4, 0.5) is 0 Å². The van der Waals surface area contributed by atoms with Crippen molar-refractivity contribution in [1.29, 1.82) is 0 Å². The third kappa shape index (κ3) is 9.23. The third-order valence-corrected chi connectivity index (χ3v) is 0. The SMILES string of the molecule is [La].[MgH2].[Mo].[Y]. The summed E-state index contributed by atoms with van der Waals surface area (Å²) in [7, 11) is 0. The summed E-state index contributed by atoms with van der Waals surface area (Å²) in [5.74, 6) is 0. The van der Waals surface area contributed by atoms with Crippen LogP contribution in [0.5, 0.6) is 0 Å². The molecule has 0 aliphatic carbocycles. The molecule has 0 aliphatic rings. The van der Waals surface area contributed by atoms with Gasteiger partial charge in [0.15, 0.2) is 0 Å². The van der Waals surface area contributed by atoms with Gasteiger partial charge in [-0.05, 0) is 0 Å². The van der Waals surface area contributed by atoms with Gasteiger partial charge in [-0.15, -0.1) is 0 Å². The minimum atomic E-state index is 0. The van der Waals surface area contributed by atoms with Gasteiger partial charge in [-0.25, -0.2) is 0 Å². The first-order valence-electron chi connectivity index (χ1n) is 0. The molecule has 0 saturated carbocycles. The zero-order valence-electron chi connectivity index (χ0n) is 1.56. The summed E-state index contributed by atoms with van der Waals surface area (Å²) in [5, 5.41) is 0. The summed E-state index contributed by atoms with van der Waals surface area (Å²) in [5.41, 5.74) is 0. The van der Waals surface area contributed by atoms with Crippen LogP contribution < -0.4 is 0 Å². The van der Waals surface area contributed by atoms with Crippen LogP contribution in [0.1, 0.15) is 0 Å². The maximum absolute atomic E-state index is 0. The molecular formula is H2LaMgMoY. The molecule has 0 nitrogen and oxygen atoms in total. The predicted octanol–water partition coefficient (Wildman–Crippen LogP) is -0.921. The van der Waals surface area contributed by atoms with Crippen molar-refractivity contribution in [3.05, 3.63) is 0 Å². The molecular weight excluding hydrogens is 348 g/mol. The van der Waals surface area contributed by atoms with E-state index < -0.39 is 0 Å². The smallest absolute Gasteiger partial charge is 0 e. The van der Waals surface area contributed by atoms with Crippen LogP contribution in [-0.2, 0) is 53.8 Å². The Labute approximate surface area is 110 Å². The molecule has 0 amide bonds. The fourth-order valence-corrected chi connectivity index (χ4v) is 0. The van der Waals surface area contributed by atoms with E-state index in [0.29, 0.717) is 0 Å². The largest absolute Gasteiger partial charge is 0.316 e. The van der Waals surface area contributed by atoms with E-state index in [1.165, 1.54) is 0 Å². The molecule has 16 valence electrons. The zero-order chi connectivity index (χ0) is 0. The Balaban J connectivity index is 0. The molecule has 0 N–H and O–H groups in total. The Kier molecular flexibility index (Phi) is 99.6. The Bertz CT molecular complexity index is 8.00. The summed E-state index contributed by atoms with van der Waals surface area (Å²) < 4.78 is 0. The van der Waals surface area contributed by atoms with E-state index in [1.807, 2.05) is 0 Å². The van der Waals surface area contributed by atoms with Gasteiger partial charge in [-0.3, -0.25) is 0 Å². The molecule has 2 radical (unpaired) electrons. The van der Waals surface area contributed by atoms with Crippen molar-refractivity contribution < 1.29 is 89.4 Å². The first-order valence-corrected chi connectivity index (χ1v) is 0. The number of hydrogen-bond donors (Lipinski definition) is 0. The molecule has 0 fully saturated rings. The molecule has 0 aromatic rings. The molecule has 0 atom stereocenters. The van der Waals surface area contributed by atoms with E-state index in [9.17, 15) is 0 Å². The van der Waals surface area contributed by atoms with Crippen molar-refractivity contribution in [2.75, 3.05) is 0 Å².